The smallest absolute Gasteiger partial charge is 0.480 e. The summed E-state index contributed by atoms with van der Waals surface area (Å²) in [7, 11) is 0. The van der Waals surface area contributed by atoms with Crippen molar-refractivity contribution in [3.8, 4) is 5.75 Å². The van der Waals surface area contributed by atoms with Crippen molar-refractivity contribution in [1.82, 2.24) is 5.32 Å². The van der Waals surface area contributed by atoms with Crippen LogP contribution < -0.4 is 10.1 Å². The van der Waals surface area contributed by atoms with Gasteiger partial charge in [-0.05, 0) is 17.7 Å². The standard InChI is InChI=1S/C11H9F6NO3/c12-10(13,14)5-18-8(9(19)20)6-1-3-7(4-2-6)21-11(15,16)17/h1-4,8,18H,5H2,(H,19,20). The summed E-state index contributed by atoms with van der Waals surface area (Å²) in [5.74, 6) is -2.20. The van der Waals surface area contributed by atoms with E-state index >= 15 is 0 Å². The first-order valence-electron chi connectivity index (χ1n) is 5.36. The fourth-order valence-corrected chi connectivity index (χ4v) is 1.43. The molecule has 1 atom stereocenters. The third kappa shape index (κ3) is 6.34. The van der Waals surface area contributed by atoms with Crippen LogP contribution in [0.5, 0.6) is 5.75 Å². The van der Waals surface area contributed by atoms with Crippen LogP contribution in [0.4, 0.5) is 26.3 Å². The molecule has 4 nitrogen and oxygen atoms in total. The Morgan fingerprint density at radius 2 is 1.67 bits per heavy atom. The number of rotatable bonds is 5. The molecule has 2 N–H and O–H groups in total. The van der Waals surface area contributed by atoms with E-state index < -0.39 is 36.8 Å². The number of carboxylic acid groups (broad SMARTS) is 1. The van der Waals surface area contributed by atoms with Crippen molar-refractivity contribution < 1.29 is 41.0 Å². The van der Waals surface area contributed by atoms with Crippen LogP contribution in [0.1, 0.15) is 11.6 Å². The Bertz CT molecular complexity index is 482. The fraction of sp³-hybridized carbons (Fsp3) is 0.364. The van der Waals surface area contributed by atoms with E-state index in [1.165, 1.54) is 0 Å². The molecule has 0 radical (unpaired) electrons. The van der Waals surface area contributed by atoms with Gasteiger partial charge in [-0.1, -0.05) is 12.1 Å². The van der Waals surface area contributed by atoms with Crippen LogP contribution in [-0.2, 0) is 4.79 Å². The molecule has 0 spiro atoms. The molecule has 0 aliphatic heterocycles. The molecular formula is C11H9F6NO3. The zero-order chi connectivity index (χ0) is 16.3. The number of ether oxygens (including phenoxy) is 1. The van der Waals surface area contributed by atoms with E-state index in [0.29, 0.717) is 0 Å². The lowest BCUT2D eigenvalue weighted by Crippen LogP contribution is -2.36. The van der Waals surface area contributed by atoms with Gasteiger partial charge in [-0.25, -0.2) is 0 Å². The van der Waals surface area contributed by atoms with Crippen LogP contribution in [0.3, 0.4) is 0 Å². The molecular weight excluding hydrogens is 308 g/mol. The Labute approximate surface area is 114 Å². The molecule has 0 fully saturated rings. The number of nitrogens with one attached hydrogen (secondary N) is 1. The molecule has 0 saturated carbocycles. The number of carbonyl (C=O) groups is 1. The van der Waals surface area contributed by atoms with E-state index in [2.05, 4.69) is 4.74 Å². The summed E-state index contributed by atoms with van der Waals surface area (Å²) in [6, 6.07) is 1.79. The molecule has 0 heterocycles. The molecule has 1 aromatic rings. The molecule has 0 saturated heterocycles. The van der Waals surface area contributed by atoms with Crippen molar-refractivity contribution in [2.75, 3.05) is 6.54 Å². The van der Waals surface area contributed by atoms with Crippen LogP contribution in [0.15, 0.2) is 24.3 Å². The molecule has 0 aromatic heterocycles. The highest BCUT2D eigenvalue weighted by atomic mass is 19.4. The van der Waals surface area contributed by atoms with Gasteiger partial charge in [0.1, 0.15) is 11.8 Å². The highest BCUT2D eigenvalue weighted by Gasteiger charge is 2.32. The molecule has 0 bridgehead atoms. The van der Waals surface area contributed by atoms with Crippen molar-refractivity contribution in [3.05, 3.63) is 29.8 Å². The van der Waals surface area contributed by atoms with Crippen molar-refractivity contribution in [2.24, 2.45) is 0 Å². The summed E-state index contributed by atoms with van der Waals surface area (Å²) in [4.78, 5) is 10.9. The molecule has 10 heteroatoms. The zero-order valence-electron chi connectivity index (χ0n) is 10.1. The van der Waals surface area contributed by atoms with Crippen LogP contribution in [0.25, 0.3) is 0 Å². The van der Waals surface area contributed by atoms with E-state index in [1.807, 2.05) is 0 Å². The van der Waals surface area contributed by atoms with Gasteiger partial charge in [0.05, 0.1) is 6.54 Å². The lowest BCUT2D eigenvalue weighted by atomic mass is 10.1. The van der Waals surface area contributed by atoms with Crippen molar-refractivity contribution in [1.29, 1.82) is 0 Å². The van der Waals surface area contributed by atoms with Gasteiger partial charge in [0, 0.05) is 0 Å². The summed E-state index contributed by atoms with van der Waals surface area (Å²) in [6.07, 6.45) is -9.53. The highest BCUT2D eigenvalue weighted by Crippen LogP contribution is 2.25. The second-order valence-corrected chi connectivity index (χ2v) is 3.88. The van der Waals surface area contributed by atoms with Gasteiger partial charge in [0.2, 0.25) is 0 Å². The first-order valence-corrected chi connectivity index (χ1v) is 5.36. The quantitative estimate of drug-likeness (QED) is 0.820. The lowest BCUT2D eigenvalue weighted by Gasteiger charge is -2.17. The second kappa shape index (κ2) is 6.20. The molecule has 21 heavy (non-hydrogen) atoms. The Morgan fingerprint density at radius 1 is 1.14 bits per heavy atom. The number of hydrogen-bond donors (Lipinski definition) is 2. The molecule has 0 aliphatic rings. The molecule has 118 valence electrons. The van der Waals surface area contributed by atoms with Gasteiger partial charge < -0.3 is 9.84 Å². The largest absolute Gasteiger partial charge is 0.573 e. The maximum Gasteiger partial charge on any atom is 0.573 e. The van der Waals surface area contributed by atoms with Gasteiger partial charge in [-0.15, -0.1) is 13.2 Å². The van der Waals surface area contributed by atoms with Crippen LogP contribution in [0.2, 0.25) is 0 Å². The SMILES string of the molecule is O=C(O)C(NCC(F)(F)F)c1ccc(OC(F)(F)F)cc1. The minimum atomic E-state index is -4.91. The first-order chi connectivity index (χ1) is 9.48. The van der Waals surface area contributed by atoms with Crippen LogP contribution in [0, 0.1) is 0 Å². The molecule has 1 rings (SSSR count). The van der Waals surface area contributed by atoms with Gasteiger partial charge in [-0.2, -0.15) is 13.2 Å². The third-order valence-electron chi connectivity index (χ3n) is 2.20. The predicted octanol–water partition coefficient (Wildman–Crippen LogP) is 2.86. The Kier molecular flexibility index (Phi) is 5.05. The molecule has 1 aromatic carbocycles. The summed E-state index contributed by atoms with van der Waals surface area (Å²) < 4.78 is 75.5. The third-order valence-corrected chi connectivity index (χ3v) is 2.20. The Balaban J connectivity index is 2.83. The first kappa shape index (κ1) is 17.1. The van der Waals surface area contributed by atoms with Crippen LogP contribution in [-0.4, -0.2) is 30.2 Å². The molecule has 0 amide bonds. The maximum absolute atomic E-state index is 12.0. The summed E-state index contributed by atoms with van der Waals surface area (Å²) in [5.41, 5.74) is -0.138. The van der Waals surface area contributed by atoms with Crippen LogP contribution >= 0.6 is 0 Å². The molecule has 1 unspecified atom stereocenters. The minimum Gasteiger partial charge on any atom is -0.480 e. The van der Waals surface area contributed by atoms with E-state index in [-0.39, 0.29) is 5.56 Å². The molecule has 0 aliphatic carbocycles. The van der Waals surface area contributed by atoms with Gasteiger partial charge in [0.15, 0.2) is 0 Å². The van der Waals surface area contributed by atoms with Crippen molar-refractivity contribution in [3.63, 3.8) is 0 Å². The van der Waals surface area contributed by atoms with E-state index in [9.17, 15) is 31.1 Å². The maximum atomic E-state index is 12.0. The fourth-order valence-electron chi connectivity index (χ4n) is 1.43. The minimum absolute atomic E-state index is 0.138. The zero-order valence-corrected chi connectivity index (χ0v) is 10.1. The average molecular weight is 317 g/mol. The monoisotopic (exact) mass is 317 g/mol. The number of benzene rings is 1. The summed E-state index contributed by atoms with van der Waals surface area (Å²) in [5, 5.41) is 10.6. The Morgan fingerprint density at radius 3 is 2.05 bits per heavy atom. The Hall–Kier alpha value is -1.97. The van der Waals surface area contributed by atoms with Gasteiger partial charge >= 0.3 is 18.5 Å². The number of halogens is 6. The van der Waals surface area contributed by atoms with E-state index in [1.54, 1.807) is 5.32 Å². The lowest BCUT2D eigenvalue weighted by molar-refractivity contribution is -0.274. The van der Waals surface area contributed by atoms with E-state index in [4.69, 9.17) is 5.11 Å². The highest BCUT2D eigenvalue weighted by molar-refractivity contribution is 5.75. The van der Waals surface area contributed by atoms with Crippen molar-refractivity contribution >= 4 is 5.97 Å². The number of alkyl halides is 6. The summed E-state index contributed by atoms with van der Waals surface area (Å²) >= 11 is 0. The number of carboxylic acids is 1. The number of hydrogen-bond acceptors (Lipinski definition) is 3. The summed E-state index contributed by atoms with van der Waals surface area (Å²) in [6.45, 7) is -1.55. The van der Waals surface area contributed by atoms with Gasteiger partial charge in [0.25, 0.3) is 0 Å². The normalized spacial score (nSPS) is 13.8. The van der Waals surface area contributed by atoms with Gasteiger partial charge in [-0.3, -0.25) is 10.1 Å². The average Bonchev–Trinajstić information content (AvgIpc) is 2.27. The topological polar surface area (TPSA) is 58.6 Å². The number of aliphatic carboxylic acids is 1. The van der Waals surface area contributed by atoms with Crippen molar-refractivity contribution in [2.45, 2.75) is 18.6 Å². The second-order valence-electron chi connectivity index (χ2n) is 3.88. The van der Waals surface area contributed by atoms with E-state index in [0.717, 1.165) is 24.3 Å². The predicted molar refractivity (Wildman–Crippen MR) is 57.6 cm³/mol.